The Hall–Kier alpha value is -2.54. The number of hydrogen-bond donors (Lipinski definition) is 1. The van der Waals surface area contributed by atoms with E-state index in [1.165, 1.54) is 5.56 Å². The van der Waals surface area contributed by atoms with E-state index in [0.717, 1.165) is 75.1 Å². The molecule has 2 aliphatic rings. The Bertz CT molecular complexity index is 876. The lowest BCUT2D eigenvalue weighted by Crippen LogP contribution is -2.25. The van der Waals surface area contributed by atoms with Crippen LogP contribution >= 0.6 is 0 Å². The number of hydrogen-bond acceptors (Lipinski definition) is 6. The van der Waals surface area contributed by atoms with Crippen LogP contribution in [0.5, 0.6) is 11.5 Å². The standard InChI is InChI=1S/C21H28N4O3/c1-27-18-6-5-15(11-19(18)28-2)13-24-10-7-16(14-24)17-12-20(26)23-21(22-17)25-8-3-4-9-25/h5-6,11-12,16H,3-4,7-10,13-14H2,1-2H3,(H,22,23,26). The van der Waals surface area contributed by atoms with Gasteiger partial charge in [0.05, 0.1) is 19.9 Å². The first-order valence-electron chi connectivity index (χ1n) is 9.95. The number of H-pyrrole nitrogens is 1. The van der Waals surface area contributed by atoms with Crippen molar-refractivity contribution in [2.45, 2.75) is 31.7 Å². The van der Waals surface area contributed by atoms with Crippen LogP contribution in [-0.4, -0.2) is 55.3 Å². The van der Waals surface area contributed by atoms with Gasteiger partial charge in [0.2, 0.25) is 5.95 Å². The van der Waals surface area contributed by atoms with E-state index in [1.807, 2.05) is 12.1 Å². The Kier molecular flexibility index (Phi) is 5.52. The van der Waals surface area contributed by atoms with Gasteiger partial charge in [0.15, 0.2) is 11.5 Å². The van der Waals surface area contributed by atoms with Crippen LogP contribution in [0.2, 0.25) is 0 Å². The van der Waals surface area contributed by atoms with E-state index in [2.05, 4.69) is 20.9 Å². The van der Waals surface area contributed by atoms with Crippen LogP contribution in [0, 0.1) is 0 Å². The van der Waals surface area contributed by atoms with E-state index in [9.17, 15) is 4.79 Å². The summed E-state index contributed by atoms with van der Waals surface area (Å²) in [5.74, 6) is 2.53. The van der Waals surface area contributed by atoms with Crippen LogP contribution in [0.1, 0.15) is 36.4 Å². The minimum absolute atomic E-state index is 0.0507. The molecule has 1 aromatic carbocycles. The molecule has 1 N–H and O–H groups in total. The molecule has 2 fully saturated rings. The van der Waals surface area contributed by atoms with Crippen LogP contribution in [-0.2, 0) is 6.54 Å². The summed E-state index contributed by atoms with van der Waals surface area (Å²) >= 11 is 0. The first-order valence-corrected chi connectivity index (χ1v) is 9.95. The number of likely N-dealkylation sites (tertiary alicyclic amines) is 1. The van der Waals surface area contributed by atoms with Gasteiger partial charge in [-0.05, 0) is 43.5 Å². The zero-order valence-corrected chi connectivity index (χ0v) is 16.6. The summed E-state index contributed by atoms with van der Waals surface area (Å²) in [7, 11) is 3.30. The Morgan fingerprint density at radius 2 is 1.89 bits per heavy atom. The third-order valence-electron chi connectivity index (χ3n) is 5.70. The second-order valence-corrected chi connectivity index (χ2v) is 7.60. The fourth-order valence-electron chi connectivity index (χ4n) is 4.21. The molecule has 1 unspecified atom stereocenters. The highest BCUT2D eigenvalue weighted by Crippen LogP contribution is 2.31. The molecule has 2 saturated heterocycles. The maximum absolute atomic E-state index is 12.2. The SMILES string of the molecule is COc1ccc(CN2CCC(c3cc(=O)[nH]c(N4CCCC4)n3)C2)cc1OC. The fourth-order valence-corrected chi connectivity index (χ4v) is 4.21. The molecule has 150 valence electrons. The summed E-state index contributed by atoms with van der Waals surface area (Å²) in [6.45, 7) is 4.70. The molecule has 0 aliphatic carbocycles. The minimum atomic E-state index is -0.0507. The number of aromatic amines is 1. The van der Waals surface area contributed by atoms with Crippen molar-refractivity contribution in [1.82, 2.24) is 14.9 Å². The highest BCUT2D eigenvalue weighted by molar-refractivity contribution is 5.43. The van der Waals surface area contributed by atoms with Crippen LogP contribution in [0.4, 0.5) is 5.95 Å². The van der Waals surface area contributed by atoms with Gasteiger partial charge in [-0.1, -0.05) is 6.07 Å². The fraction of sp³-hybridized carbons (Fsp3) is 0.524. The van der Waals surface area contributed by atoms with Crippen molar-refractivity contribution in [3.8, 4) is 11.5 Å². The lowest BCUT2D eigenvalue weighted by molar-refractivity contribution is 0.323. The predicted octanol–water partition coefficient (Wildman–Crippen LogP) is 2.38. The van der Waals surface area contributed by atoms with Gasteiger partial charge in [-0.3, -0.25) is 14.7 Å². The first kappa shape index (κ1) is 18.8. The molecule has 0 bridgehead atoms. The second kappa shape index (κ2) is 8.22. The molecule has 1 atom stereocenters. The summed E-state index contributed by atoms with van der Waals surface area (Å²) in [5.41, 5.74) is 2.06. The van der Waals surface area contributed by atoms with Gasteiger partial charge in [0.1, 0.15) is 0 Å². The van der Waals surface area contributed by atoms with Crippen molar-refractivity contribution in [3.63, 3.8) is 0 Å². The molecule has 0 radical (unpaired) electrons. The Balaban J connectivity index is 1.45. The van der Waals surface area contributed by atoms with E-state index < -0.39 is 0 Å². The van der Waals surface area contributed by atoms with Crippen molar-refractivity contribution in [2.24, 2.45) is 0 Å². The van der Waals surface area contributed by atoms with E-state index in [0.29, 0.717) is 5.92 Å². The van der Waals surface area contributed by atoms with Crippen LogP contribution in [0.3, 0.4) is 0 Å². The lowest BCUT2D eigenvalue weighted by Gasteiger charge is -2.19. The van der Waals surface area contributed by atoms with Crippen molar-refractivity contribution in [1.29, 1.82) is 0 Å². The molecule has 2 aromatic rings. The van der Waals surface area contributed by atoms with Crippen molar-refractivity contribution < 1.29 is 9.47 Å². The van der Waals surface area contributed by atoms with Crippen molar-refractivity contribution in [2.75, 3.05) is 45.3 Å². The smallest absolute Gasteiger partial charge is 0.252 e. The minimum Gasteiger partial charge on any atom is -0.493 e. The van der Waals surface area contributed by atoms with E-state index in [4.69, 9.17) is 14.5 Å². The molecule has 4 rings (SSSR count). The number of benzene rings is 1. The van der Waals surface area contributed by atoms with Crippen LogP contribution in [0.25, 0.3) is 0 Å². The molecule has 0 spiro atoms. The lowest BCUT2D eigenvalue weighted by atomic mass is 10.0. The molecular weight excluding hydrogens is 356 g/mol. The molecule has 1 aromatic heterocycles. The summed E-state index contributed by atoms with van der Waals surface area (Å²) in [5, 5.41) is 0. The van der Waals surface area contributed by atoms with Gasteiger partial charge in [0.25, 0.3) is 5.56 Å². The molecule has 0 saturated carbocycles. The summed E-state index contributed by atoms with van der Waals surface area (Å²) in [6, 6.07) is 7.72. The number of methoxy groups -OCH3 is 2. The Morgan fingerprint density at radius 3 is 2.64 bits per heavy atom. The zero-order chi connectivity index (χ0) is 19.5. The monoisotopic (exact) mass is 384 g/mol. The Labute approximate surface area is 165 Å². The number of nitrogens with zero attached hydrogens (tertiary/aromatic N) is 3. The van der Waals surface area contributed by atoms with Gasteiger partial charge in [-0.25, -0.2) is 4.98 Å². The van der Waals surface area contributed by atoms with Gasteiger partial charge in [-0.15, -0.1) is 0 Å². The average molecular weight is 384 g/mol. The highest BCUT2D eigenvalue weighted by Gasteiger charge is 2.26. The third kappa shape index (κ3) is 3.99. The molecule has 7 heteroatoms. The highest BCUT2D eigenvalue weighted by atomic mass is 16.5. The largest absolute Gasteiger partial charge is 0.493 e. The maximum atomic E-state index is 12.2. The number of nitrogens with one attached hydrogen (secondary N) is 1. The summed E-state index contributed by atoms with van der Waals surface area (Å²) in [6.07, 6.45) is 3.34. The topological polar surface area (TPSA) is 70.7 Å². The molecule has 28 heavy (non-hydrogen) atoms. The van der Waals surface area contributed by atoms with Crippen LogP contribution < -0.4 is 19.9 Å². The Morgan fingerprint density at radius 1 is 1.11 bits per heavy atom. The summed E-state index contributed by atoms with van der Waals surface area (Å²) in [4.78, 5) is 24.5. The van der Waals surface area contributed by atoms with Gasteiger partial charge < -0.3 is 14.4 Å². The third-order valence-corrected chi connectivity index (χ3v) is 5.70. The van der Waals surface area contributed by atoms with Gasteiger partial charge >= 0.3 is 0 Å². The average Bonchev–Trinajstić information content (AvgIpc) is 3.39. The second-order valence-electron chi connectivity index (χ2n) is 7.60. The van der Waals surface area contributed by atoms with Crippen molar-refractivity contribution >= 4 is 5.95 Å². The number of aromatic nitrogens is 2. The maximum Gasteiger partial charge on any atom is 0.252 e. The molecule has 2 aliphatic heterocycles. The number of rotatable bonds is 6. The van der Waals surface area contributed by atoms with Gasteiger partial charge in [0, 0.05) is 38.2 Å². The van der Waals surface area contributed by atoms with Gasteiger partial charge in [-0.2, -0.15) is 0 Å². The van der Waals surface area contributed by atoms with Crippen LogP contribution in [0.15, 0.2) is 29.1 Å². The van der Waals surface area contributed by atoms with E-state index in [-0.39, 0.29) is 5.56 Å². The normalized spacial score (nSPS) is 19.9. The summed E-state index contributed by atoms with van der Waals surface area (Å²) < 4.78 is 10.7. The predicted molar refractivity (Wildman–Crippen MR) is 108 cm³/mol. The first-order chi connectivity index (χ1) is 13.7. The molecular formula is C21H28N4O3. The quantitative estimate of drug-likeness (QED) is 0.825. The number of ether oxygens (including phenoxy) is 2. The molecule has 7 nitrogen and oxygen atoms in total. The van der Waals surface area contributed by atoms with E-state index in [1.54, 1.807) is 20.3 Å². The van der Waals surface area contributed by atoms with Crippen molar-refractivity contribution in [3.05, 3.63) is 45.9 Å². The van der Waals surface area contributed by atoms with E-state index >= 15 is 0 Å². The molecule has 3 heterocycles. The number of anilines is 1. The molecule has 0 amide bonds. The zero-order valence-electron chi connectivity index (χ0n) is 16.6.